The van der Waals surface area contributed by atoms with Gasteiger partial charge in [-0.15, -0.1) is 11.3 Å². The standard InChI is InChI=1S/C24H27ClN4O3S/c1-23(2,3)16-6-5-15(11-17(16)25)21(30)29-20(19-13-27-14-33-19)18(12-24(29,4)22(31)32)28-9-7-26-8-10-28/h5-9,11,13-14,18,20H,10,12H2,1-4H3,(H,31,32)/t18-,20+,24-/m0/s1. The largest absolute Gasteiger partial charge is 0.480 e. The molecule has 0 aliphatic carbocycles. The smallest absolute Gasteiger partial charge is 0.329 e. The van der Waals surface area contributed by atoms with Crippen molar-refractivity contribution in [2.75, 3.05) is 6.54 Å². The molecule has 0 unspecified atom stereocenters. The summed E-state index contributed by atoms with van der Waals surface area (Å²) in [5.41, 5.74) is 1.41. The Morgan fingerprint density at radius 2 is 2.06 bits per heavy atom. The molecule has 0 spiro atoms. The van der Waals surface area contributed by atoms with Crippen molar-refractivity contribution in [1.82, 2.24) is 14.8 Å². The maximum Gasteiger partial charge on any atom is 0.329 e. The van der Waals surface area contributed by atoms with Gasteiger partial charge < -0.3 is 14.9 Å². The summed E-state index contributed by atoms with van der Waals surface area (Å²) in [6.45, 7) is 8.32. The van der Waals surface area contributed by atoms with Crippen LogP contribution >= 0.6 is 22.9 Å². The number of hydrogen-bond donors (Lipinski definition) is 1. The van der Waals surface area contributed by atoms with E-state index in [0.717, 1.165) is 10.4 Å². The molecule has 1 N–H and O–H groups in total. The molecule has 1 fully saturated rings. The Bertz CT molecular complexity index is 1130. The molecule has 2 aliphatic rings. The highest BCUT2D eigenvalue weighted by atomic mass is 35.5. The summed E-state index contributed by atoms with van der Waals surface area (Å²) in [6, 6.07) is 4.51. The number of halogens is 1. The van der Waals surface area contributed by atoms with E-state index < -0.39 is 17.6 Å². The van der Waals surface area contributed by atoms with Gasteiger partial charge in [-0.25, -0.2) is 4.79 Å². The van der Waals surface area contributed by atoms with Crippen LogP contribution in [0.15, 0.2) is 47.3 Å². The first kappa shape index (κ1) is 23.4. The maximum absolute atomic E-state index is 13.9. The summed E-state index contributed by atoms with van der Waals surface area (Å²) in [6.07, 6.45) is 7.29. The van der Waals surface area contributed by atoms with E-state index in [0.29, 0.717) is 17.1 Å². The molecule has 0 radical (unpaired) electrons. The van der Waals surface area contributed by atoms with Gasteiger partial charge in [0.2, 0.25) is 0 Å². The second kappa shape index (κ2) is 8.57. The van der Waals surface area contributed by atoms with Crippen molar-refractivity contribution >= 4 is 41.0 Å². The number of likely N-dealkylation sites (tertiary alicyclic amines) is 1. The summed E-state index contributed by atoms with van der Waals surface area (Å²) >= 11 is 7.98. The summed E-state index contributed by atoms with van der Waals surface area (Å²) < 4.78 is 0. The van der Waals surface area contributed by atoms with Gasteiger partial charge in [0.15, 0.2) is 0 Å². The molecule has 1 saturated heterocycles. The lowest BCUT2D eigenvalue weighted by Crippen LogP contribution is -2.51. The van der Waals surface area contributed by atoms with Crippen molar-refractivity contribution in [2.24, 2.45) is 4.99 Å². The van der Waals surface area contributed by atoms with Crippen molar-refractivity contribution in [3.63, 3.8) is 0 Å². The molecule has 3 atom stereocenters. The molecular formula is C24H27ClN4O3S. The number of thiazole rings is 1. The molecule has 7 nitrogen and oxygen atoms in total. The lowest BCUT2D eigenvalue weighted by molar-refractivity contribution is -0.147. The molecule has 1 aromatic heterocycles. The van der Waals surface area contributed by atoms with Gasteiger partial charge in [-0.2, -0.15) is 0 Å². The Labute approximate surface area is 202 Å². The van der Waals surface area contributed by atoms with Crippen LogP contribution in [0.3, 0.4) is 0 Å². The number of aliphatic imine (C=N–C) groups is 1. The van der Waals surface area contributed by atoms with Crippen LogP contribution in [0.2, 0.25) is 5.02 Å². The first-order chi connectivity index (χ1) is 15.5. The van der Waals surface area contributed by atoms with Crippen molar-refractivity contribution in [3.8, 4) is 0 Å². The monoisotopic (exact) mass is 486 g/mol. The third-order valence-electron chi connectivity index (χ3n) is 6.40. The molecule has 0 bridgehead atoms. The Balaban J connectivity index is 1.81. The van der Waals surface area contributed by atoms with E-state index in [-0.39, 0.29) is 23.8 Å². The topological polar surface area (TPSA) is 86.1 Å². The first-order valence-electron chi connectivity index (χ1n) is 10.7. The predicted molar refractivity (Wildman–Crippen MR) is 130 cm³/mol. The minimum atomic E-state index is -1.41. The number of nitrogens with zero attached hydrogens (tertiary/aromatic N) is 4. The number of benzene rings is 1. The van der Waals surface area contributed by atoms with E-state index in [1.807, 2.05) is 17.2 Å². The fourth-order valence-electron chi connectivity index (χ4n) is 4.65. The second-order valence-corrected chi connectivity index (χ2v) is 11.0. The quantitative estimate of drug-likeness (QED) is 0.673. The molecule has 4 rings (SSSR count). The lowest BCUT2D eigenvalue weighted by Gasteiger charge is -2.36. The van der Waals surface area contributed by atoms with Gasteiger partial charge in [0.05, 0.1) is 24.1 Å². The van der Waals surface area contributed by atoms with Crippen LogP contribution in [0.1, 0.15) is 61.0 Å². The minimum Gasteiger partial charge on any atom is -0.480 e. The van der Waals surface area contributed by atoms with E-state index >= 15 is 0 Å². The molecule has 2 aromatic rings. The molecule has 0 saturated carbocycles. The fourth-order valence-corrected chi connectivity index (χ4v) is 5.88. The SMILES string of the molecule is CC(C)(C)c1ccc(C(=O)N2[C@@H](c3cncs3)[C@@H](N3C=CN=CC3)C[C@@]2(C)C(=O)O)cc1Cl. The molecular weight excluding hydrogens is 460 g/mol. The molecule has 1 aromatic carbocycles. The number of carboxylic acids is 1. The number of amides is 1. The van der Waals surface area contributed by atoms with E-state index in [1.54, 1.807) is 43.2 Å². The molecule has 1 amide bonds. The van der Waals surface area contributed by atoms with Gasteiger partial charge in [-0.1, -0.05) is 38.4 Å². The molecule has 9 heteroatoms. The molecule has 174 valence electrons. The van der Waals surface area contributed by atoms with E-state index in [4.69, 9.17) is 11.6 Å². The van der Waals surface area contributed by atoms with E-state index in [9.17, 15) is 14.7 Å². The Morgan fingerprint density at radius 1 is 1.30 bits per heavy atom. The molecule has 33 heavy (non-hydrogen) atoms. The van der Waals surface area contributed by atoms with Gasteiger partial charge in [0.25, 0.3) is 5.91 Å². The molecule has 2 aliphatic heterocycles. The van der Waals surface area contributed by atoms with Crippen molar-refractivity contribution in [3.05, 3.63) is 63.3 Å². The number of aromatic nitrogens is 1. The van der Waals surface area contributed by atoms with Crippen molar-refractivity contribution < 1.29 is 14.7 Å². The van der Waals surface area contributed by atoms with Crippen LogP contribution < -0.4 is 0 Å². The lowest BCUT2D eigenvalue weighted by atomic mass is 9.86. The first-order valence-corrected chi connectivity index (χ1v) is 12.0. The van der Waals surface area contributed by atoms with Crippen LogP contribution in [0.4, 0.5) is 0 Å². The van der Waals surface area contributed by atoms with Gasteiger partial charge in [0, 0.05) is 46.7 Å². The third kappa shape index (κ3) is 4.17. The Morgan fingerprint density at radius 3 is 2.61 bits per heavy atom. The summed E-state index contributed by atoms with van der Waals surface area (Å²) in [7, 11) is 0. The zero-order chi connectivity index (χ0) is 24.0. The highest BCUT2D eigenvalue weighted by Gasteiger charge is 2.57. The van der Waals surface area contributed by atoms with Crippen LogP contribution in [0.25, 0.3) is 0 Å². The maximum atomic E-state index is 13.9. The van der Waals surface area contributed by atoms with Crippen LogP contribution in [0, 0.1) is 0 Å². The van der Waals surface area contributed by atoms with Crippen molar-refractivity contribution in [1.29, 1.82) is 0 Å². The van der Waals surface area contributed by atoms with Crippen LogP contribution in [-0.2, 0) is 10.2 Å². The Hall–Kier alpha value is -2.71. The second-order valence-electron chi connectivity index (χ2n) is 9.65. The Kier molecular flexibility index (Phi) is 6.09. The van der Waals surface area contributed by atoms with Crippen LogP contribution in [0.5, 0.6) is 0 Å². The zero-order valence-corrected chi connectivity index (χ0v) is 20.6. The average Bonchev–Trinajstić information content (AvgIpc) is 3.39. The van der Waals surface area contributed by atoms with Crippen molar-refractivity contribution in [2.45, 2.75) is 57.2 Å². The number of hydrogen-bond acceptors (Lipinski definition) is 6. The van der Waals surface area contributed by atoms with Crippen LogP contribution in [-0.4, -0.2) is 56.1 Å². The number of carboxylic acid groups (broad SMARTS) is 1. The number of aliphatic carboxylic acids is 1. The number of rotatable bonds is 4. The highest BCUT2D eigenvalue weighted by Crippen LogP contribution is 2.47. The van der Waals surface area contributed by atoms with Gasteiger partial charge in [-0.3, -0.25) is 14.8 Å². The fraction of sp³-hybridized carbons (Fsp3) is 0.417. The van der Waals surface area contributed by atoms with E-state index in [2.05, 4.69) is 30.7 Å². The minimum absolute atomic E-state index is 0.180. The van der Waals surface area contributed by atoms with Gasteiger partial charge >= 0.3 is 5.97 Å². The van der Waals surface area contributed by atoms with Gasteiger partial charge in [-0.05, 0) is 30.0 Å². The average molecular weight is 487 g/mol. The summed E-state index contributed by atoms with van der Waals surface area (Å²) in [4.78, 5) is 39.2. The highest BCUT2D eigenvalue weighted by molar-refractivity contribution is 7.09. The normalized spacial score (nSPS) is 25.0. The third-order valence-corrected chi connectivity index (χ3v) is 7.55. The number of carbonyl (C=O) groups is 2. The molecule has 3 heterocycles. The summed E-state index contributed by atoms with van der Waals surface area (Å²) in [5, 5.41) is 10.8. The van der Waals surface area contributed by atoms with E-state index in [1.165, 1.54) is 16.2 Å². The van der Waals surface area contributed by atoms with Gasteiger partial charge in [0.1, 0.15) is 5.54 Å². The zero-order valence-electron chi connectivity index (χ0n) is 19.0. The summed E-state index contributed by atoms with van der Waals surface area (Å²) in [5.74, 6) is -1.40. The number of carbonyl (C=O) groups excluding carboxylic acids is 1. The predicted octanol–water partition coefficient (Wildman–Crippen LogP) is 4.75.